The van der Waals surface area contributed by atoms with Crippen LogP contribution in [0.25, 0.3) is 0 Å². The first kappa shape index (κ1) is 62.9. The minimum Gasteiger partial charge on any atom is -0.497 e. The van der Waals surface area contributed by atoms with Gasteiger partial charge in [0.15, 0.2) is 22.2 Å². The Kier molecular flexibility index (Phi) is 22.9. The fourth-order valence-electron chi connectivity index (χ4n) is 9.69. The number of benzene rings is 3. The van der Waals surface area contributed by atoms with Crippen LogP contribution in [0.2, 0.25) is 41.3 Å². The van der Waals surface area contributed by atoms with Crippen molar-refractivity contribution < 1.29 is 27.5 Å². The van der Waals surface area contributed by atoms with Gasteiger partial charge in [0.05, 0.1) is 55.4 Å². The molecule has 5 rings (SSSR count). The van der Waals surface area contributed by atoms with Crippen molar-refractivity contribution in [1.82, 2.24) is 0 Å². The first-order valence-corrected chi connectivity index (χ1v) is 37.2. The molecule has 2 saturated heterocycles. The van der Waals surface area contributed by atoms with E-state index in [9.17, 15) is 5.26 Å². The Bertz CT molecular complexity index is 2350. The highest BCUT2D eigenvalue weighted by Crippen LogP contribution is 2.52. The maximum Gasteiger partial charge on any atom is 0.261 e. The molecule has 2 aliphatic heterocycles. The van der Waals surface area contributed by atoms with Crippen molar-refractivity contribution in [2.75, 3.05) is 31.8 Å². The molecule has 0 N–H and O–H groups in total. The molecule has 75 heavy (non-hydrogen) atoms. The summed E-state index contributed by atoms with van der Waals surface area (Å²) in [6.45, 7) is 35.5. The molecule has 0 radical (unpaired) electrons. The van der Waals surface area contributed by atoms with Gasteiger partial charge >= 0.3 is 0 Å². The summed E-state index contributed by atoms with van der Waals surface area (Å²) in [5, 5.41) is 13.5. The van der Waals surface area contributed by atoms with Gasteiger partial charge in [-0.3, -0.25) is 0 Å². The van der Waals surface area contributed by atoms with Crippen molar-refractivity contribution >= 4 is 58.8 Å². The topological polar surface area (TPSA) is 79.2 Å². The Hall–Kier alpha value is -2.94. The van der Waals surface area contributed by atoms with Crippen LogP contribution in [-0.4, -0.2) is 84.8 Å². The molecule has 2 heterocycles. The van der Waals surface area contributed by atoms with E-state index < -0.39 is 30.6 Å². The average Bonchev–Trinajstić information content (AvgIpc) is 3.34. The van der Waals surface area contributed by atoms with E-state index >= 15 is 0 Å². The van der Waals surface area contributed by atoms with Crippen LogP contribution in [0.1, 0.15) is 127 Å². The first-order valence-electron chi connectivity index (χ1n) is 27.5. The van der Waals surface area contributed by atoms with E-state index in [0.29, 0.717) is 39.1 Å². The van der Waals surface area contributed by atoms with Crippen LogP contribution in [0.15, 0.2) is 133 Å². The molecule has 2 aliphatic rings. The highest BCUT2D eigenvalue weighted by atomic mass is 32.2. The molecule has 0 aliphatic carbocycles. The number of ether oxygens (including phenoxy) is 3. The summed E-state index contributed by atoms with van der Waals surface area (Å²) in [7, 11) is -5.29. The van der Waals surface area contributed by atoms with E-state index in [4.69, 9.17) is 27.5 Å². The van der Waals surface area contributed by atoms with Gasteiger partial charge in [0.2, 0.25) is 0 Å². The fraction of sp³-hybridized carbons (Fsp3) is 0.571. The normalized spacial score (nSPS) is 19.8. The molecule has 0 saturated carbocycles. The summed E-state index contributed by atoms with van der Waals surface area (Å²) < 4.78 is 40.6. The second kappa shape index (κ2) is 27.3. The van der Waals surface area contributed by atoms with Crippen LogP contribution in [0.5, 0.6) is 5.75 Å². The average molecular weight is 1110 g/mol. The minimum absolute atomic E-state index is 0.0386. The van der Waals surface area contributed by atoms with E-state index in [1.54, 1.807) is 7.11 Å². The third kappa shape index (κ3) is 17.8. The molecule has 12 heteroatoms. The van der Waals surface area contributed by atoms with Gasteiger partial charge in [-0.25, -0.2) is 0 Å². The predicted molar refractivity (Wildman–Crippen MR) is 329 cm³/mol. The van der Waals surface area contributed by atoms with E-state index in [1.807, 2.05) is 12.1 Å². The number of methoxy groups -OCH3 is 1. The van der Waals surface area contributed by atoms with Crippen molar-refractivity contribution in [1.29, 1.82) is 5.26 Å². The van der Waals surface area contributed by atoms with Gasteiger partial charge in [-0.05, 0) is 120 Å². The second-order valence-electron chi connectivity index (χ2n) is 25.2. The van der Waals surface area contributed by atoms with E-state index in [1.165, 1.54) is 33.9 Å². The molecule has 4 atom stereocenters. The van der Waals surface area contributed by atoms with Crippen molar-refractivity contribution in [2.24, 2.45) is 0 Å². The molecule has 0 bridgehead atoms. The first-order chi connectivity index (χ1) is 35.2. The summed E-state index contributed by atoms with van der Waals surface area (Å²) >= 11 is 4.26. The highest BCUT2D eigenvalue weighted by molar-refractivity contribution is 8.18. The number of rotatable bonds is 24. The van der Waals surface area contributed by atoms with E-state index in [-0.39, 0.29) is 37.5 Å². The van der Waals surface area contributed by atoms with Gasteiger partial charge in [-0.1, -0.05) is 183 Å². The Morgan fingerprint density at radius 1 is 0.760 bits per heavy atom. The maximum absolute atomic E-state index is 11.0. The highest BCUT2D eigenvalue weighted by Gasteiger charge is 2.51. The molecule has 7 nitrogen and oxygen atoms in total. The third-order valence-electron chi connectivity index (χ3n) is 15.9. The van der Waals surface area contributed by atoms with Crippen LogP contribution in [0, 0.1) is 11.3 Å². The summed E-state index contributed by atoms with van der Waals surface area (Å²) in [6.07, 6.45) is 18.7. The molecule has 2 fully saturated rings. The van der Waals surface area contributed by atoms with Crippen molar-refractivity contribution in [3.05, 3.63) is 138 Å². The van der Waals surface area contributed by atoms with Crippen molar-refractivity contribution in [3.8, 4) is 11.8 Å². The lowest BCUT2D eigenvalue weighted by atomic mass is 9.92. The summed E-state index contributed by atoms with van der Waals surface area (Å²) in [6, 6.07) is 32.6. The van der Waals surface area contributed by atoms with Gasteiger partial charge in [-0.2, -0.15) is 5.26 Å². The largest absolute Gasteiger partial charge is 0.497 e. The molecule has 3 aromatic carbocycles. The van der Waals surface area contributed by atoms with Gasteiger partial charge < -0.3 is 27.5 Å². The summed E-state index contributed by atoms with van der Waals surface area (Å²) in [5.41, 5.74) is 2.47. The zero-order chi connectivity index (χ0) is 55.2. The quantitative estimate of drug-likeness (QED) is 0.0495. The van der Waals surface area contributed by atoms with Crippen molar-refractivity contribution in [3.63, 3.8) is 0 Å². The summed E-state index contributed by atoms with van der Waals surface area (Å²) in [5.74, 6) is 3.18. The lowest BCUT2D eigenvalue weighted by molar-refractivity contribution is -0.0256. The molecule has 0 aromatic heterocycles. The standard InChI is InChI=1S/C63H95NO6S2Si3/c1-50(28-24-26-39-67-73(13,14)59(3,4)5)44-62(49-64,70-74(15,16)60(6,7)8)38-25-23-29-54-45-63(71-40-27-41-72-63)46-55(69-54)42-51(2)43-56(66-47-52-34-36-53(65-12)37-35-52)48-68-75(61(9,10)11,57-30-19-17-20-31-57)58-32-21-18-22-33-58/h17-26,28,30-37,42,54-56H,27,29,38-41,43-48H2,1-16H3/b25-23+,26-24+,50-28-,51-42+/t54-,55+,56-,62?/m1/s1. The minimum atomic E-state index is -2.83. The monoisotopic (exact) mass is 1110 g/mol. The maximum atomic E-state index is 11.0. The van der Waals surface area contributed by atoms with Crippen LogP contribution < -0.4 is 15.1 Å². The zero-order valence-electron chi connectivity index (χ0n) is 49.0. The van der Waals surface area contributed by atoms with E-state index in [2.05, 4.69) is 241 Å². The molecular formula is C63H95NO6S2Si3. The fourth-order valence-corrected chi connectivity index (χ4v) is 20.2. The smallest absolute Gasteiger partial charge is 0.261 e. The Morgan fingerprint density at radius 3 is 1.91 bits per heavy atom. The summed E-state index contributed by atoms with van der Waals surface area (Å²) in [4.78, 5) is 0. The Labute approximate surface area is 467 Å². The lowest BCUT2D eigenvalue weighted by Gasteiger charge is -2.45. The van der Waals surface area contributed by atoms with Gasteiger partial charge in [0, 0.05) is 19.3 Å². The predicted octanol–water partition coefficient (Wildman–Crippen LogP) is 16.1. The number of hydrogen-bond donors (Lipinski definition) is 0. The number of nitrogens with zero attached hydrogens (tertiary/aromatic N) is 1. The van der Waals surface area contributed by atoms with Crippen LogP contribution in [-0.2, 0) is 29.4 Å². The lowest BCUT2D eigenvalue weighted by Crippen LogP contribution is -2.67. The van der Waals surface area contributed by atoms with Gasteiger partial charge in [0.1, 0.15) is 5.75 Å². The Balaban J connectivity index is 1.37. The second-order valence-corrected chi connectivity index (χ2v) is 42.3. The van der Waals surface area contributed by atoms with Gasteiger partial charge in [-0.15, -0.1) is 23.5 Å². The molecular weight excluding hydrogens is 1020 g/mol. The molecule has 412 valence electrons. The van der Waals surface area contributed by atoms with Gasteiger partial charge in [0.25, 0.3) is 8.32 Å². The molecule has 1 spiro atoms. The van der Waals surface area contributed by atoms with Crippen LogP contribution in [0.3, 0.4) is 0 Å². The number of thioether (sulfide) groups is 2. The Morgan fingerprint density at radius 2 is 1.36 bits per heavy atom. The third-order valence-corrected chi connectivity index (χ3v) is 33.3. The SMILES string of the molecule is COc1ccc(CO[C@@H](CO[Si](c2ccccc2)(c2ccccc2)C(C)(C)C)C/C(C)=C/[C@H]2CC3(C[C@@H](C/C=C/CC(C#N)(C/C(C)=C\C=C\CO[Si](C)(C)C(C)(C)C)O[Si](C)(C)C(C)(C)C)O2)SCCCS3)cc1. The van der Waals surface area contributed by atoms with Crippen LogP contribution in [0.4, 0.5) is 0 Å². The zero-order valence-corrected chi connectivity index (χ0v) is 53.6. The van der Waals surface area contributed by atoms with Crippen molar-refractivity contribution in [2.45, 2.75) is 197 Å². The number of hydrogen-bond acceptors (Lipinski definition) is 9. The molecule has 1 unspecified atom stereocenters. The number of allylic oxidation sites excluding steroid dienone is 2. The van der Waals surface area contributed by atoms with Crippen LogP contribution >= 0.6 is 23.5 Å². The number of nitriles is 1. The van der Waals surface area contributed by atoms with E-state index in [0.717, 1.165) is 36.1 Å². The molecule has 3 aromatic rings. The molecule has 0 amide bonds.